The van der Waals surface area contributed by atoms with E-state index < -0.39 is 17.4 Å². The summed E-state index contributed by atoms with van der Waals surface area (Å²) in [5.74, 6) is 0. The van der Waals surface area contributed by atoms with E-state index in [4.69, 9.17) is 0 Å². The average molecular weight is 581 g/mol. The molecule has 4 heteroatoms. The molecule has 2 unspecified atom stereocenters. The van der Waals surface area contributed by atoms with Crippen LogP contribution in [0.3, 0.4) is 0 Å². The van der Waals surface area contributed by atoms with E-state index in [1.54, 1.807) is 22.3 Å². The van der Waals surface area contributed by atoms with Gasteiger partial charge in [-0.2, -0.15) is 0 Å². The van der Waals surface area contributed by atoms with E-state index in [1.807, 2.05) is 0 Å². The van der Waals surface area contributed by atoms with E-state index in [9.17, 15) is 0 Å². The molecule has 0 spiro atoms. The monoisotopic (exact) mass is 578 g/mol. The molecular formula is C30H30Cl2SiZr. The first-order valence-electron chi connectivity index (χ1n) is 11.7. The zero-order valence-corrected chi connectivity index (χ0v) is 25.6. The Kier molecular flexibility index (Phi) is 6.48. The second kappa shape index (κ2) is 8.59. The van der Waals surface area contributed by atoms with Gasteiger partial charge < -0.3 is 24.8 Å². The van der Waals surface area contributed by atoms with Crippen molar-refractivity contribution in [3.05, 3.63) is 106 Å². The Hall–Kier alpha value is -1.44. The molecule has 172 valence electrons. The van der Waals surface area contributed by atoms with Crippen molar-refractivity contribution < 1.29 is 42.2 Å². The van der Waals surface area contributed by atoms with Crippen molar-refractivity contribution in [2.75, 3.05) is 0 Å². The maximum atomic E-state index is 2.72. The van der Waals surface area contributed by atoms with Crippen LogP contribution in [0.4, 0.5) is 0 Å². The van der Waals surface area contributed by atoms with E-state index in [-0.39, 0.29) is 24.8 Å². The summed E-state index contributed by atoms with van der Waals surface area (Å²) in [6.07, 6.45) is 5.01. The Balaban J connectivity index is 0.00000137. The molecule has 4 aromatic rings. The van der Waals surface area contributed by atoms with Crippen LogP contribution in [0, 0.1) is 0 Å². The van der Waals surface area contributed by atoms with Crippen LogP contribution in [0.2, 0.25) is 9.26 Å². The molecule has 0 fully saturated rings. The Morgan fingerprint density at radius 1 is 0.588 bits per heavy atom. The fourth-order valence-electron chi connectivity index (χ4n) is 7.25. The third kappa shape index (κ3) is 3.56. The summed E-state index contributed by atoms with van der Waals surface area (Å²) < 4.78 is 6.61. The SMILES string of the molecule is CC1=Cc2c(ccc3ccccc23)[CH]1[Zr+2]([CH3])([CH3])(=[SiH2])[CH]1C(C)=Cc2c1ccc1ccccc21.[Cl-].[Cl-]. The Labute approximate surface area is 217 Å². The number of rotatable bonds is 2. The molecule has 2 aliphatic carbocycles. The van der Waals surface area contributed by atoms with Crippen molar-refractivity contribution in [2.24, 2.45) is 0 Å². The predicted octanol–water partition coefficient (Wildman–Crippen LogP) is 1.95. The molecule has 0 amide bonds. The molecule has 0 radical (unpaired) electrons. The third-order valence-corrected chi connectivity index (χ3v) is 26.1. The van der Waals surface area contributed by atoms with E-state index in [2.05, 4.69) is 115 Å². The summed E-state index contributed by atoms with van der Waals surface area (Å²) in [6.45, 7) is 7.21. The van der Waals surface area contributed by atoms with Crippen LogP contribution in [0.15, 0.2) is 83.9 Å². The van der Waals surface area contributed by atoms with Crippen LogP contribution in [0.5, 0.6) is 0 Å². The fourth-order valence-corrected chi connectivity index (χ4v) is 28.5. The summed E-state index contributed by atoms with van der Waals surface area (Å²) in [5.41, 5.74) is 9.25. The summed E-state index contributed by atoms with van der Waals surface area (Å²) >= 11 is -3.39. The van der Waals surface area contributed by atoms with Gasteiger partial charge in [0.1, 0.15) is 0 Å². The van der Waals surface area contributed by atoms with Crippen molar-refractivity contribution in [1.29, 1.82) is 0 Å². The van der Waals surface area contributed by atoms with E-state index in [1.165, 1.54) is 32.7 Å². The largest absolute Gasteiger partial charge is 1.00 e. The second-order valence-corrected chi connectivity index (χ2v) is 41.6. The number of hydrogen-bond donors (Lipinski definition) is 0. The number of fused-ring (bicyclic) bond motifs is 6. The van der Waals surface area contributed by atoms with Crippen LogP contribution in [-0.4, -0.2) is 6.88 Å². The first-order valence-corrected chi connectivity index (χ1v) is 25.4. The summed E-state index contributed by atoms with van der Waals surface area (Å²) in [7, 11) is 0. The molecule has 2 aliphatic rings. The molecule has 0 heterocycles. The van der Waals surface area contributed by atoms with Crippen LogP contribution >= 0.6 is 0 Å². The van der Waals surface area contributed by atoms with Crippen LogP contribution in [0.25, 0.3) is 33.7 Å². The zero-order chi connectivity index (χ0) is 22.3. The van der Waals surface area contributed by atoms with Gasteiger partial charge in [-0.25, -0.2) is 0 Å². The summed E-state index contributed by atoms with van der Waals surface area (Å²) in [4.78, 5) is 0. The molecule has 0 saturated carbocycles. The van der Waals surface area contributed by atoms with Gasteiger partial charge in [-0.05, 0) is 0 Å². The Morgan fingerprint density at radius 2 is 0.971 bits per heavy atom. The van der Waals surface area contributed by atoms with Gasteiger partial charge in [0.15, 0.2) is 0 Å². The number of benzene rings is 4. The third-order valence-electron chi connectivity index (χ3n) is 8.18. The second-order valence-electron chi connectivity index (χ2n) is 11.2. The van der Waals surface area contributed by atoms with Gasteiger partial charge in [0.2, 0.25) is 0 Å². The van der Waals surface area contributed by atoms with Gasteiger partial charge in [0, 0.05) is 0 Å². The molecular weight excluding hydrogens is 551 g/mol. The summed E-state index contributed by atoms with van der Waals surface area (Å²) in [5, 5.41) is 5.52. The first kappa shape index (κ1) is 25.6. The fraction of sp³-hybridized carbons (Fsp3) is 0.200. The Morgan fingerprint density at radius 3 is 1.38 bits per heavy atom. The van der Waals surface area contributed by atoms with Gasteiger partial charge in [-0.1, -0.05) is 0 Å². The van der Waals surface area contributed by atoms with Crippen molar-refractivity contribution in [3.63, 3.8) is 0 Å². The molecule has 6 rings (SSSR count). The molecule has 0 bridgehead atoms. The smallest absolute Gasteiger partial charge is 1.00 e. The minimum absolute atomic E-state index is 0. The molecule has 0 aliphatic heterocycles. The van der Waals surface area contributed by atoms with Crippen molar-refractivity contribution in [2.45, 2.75) is 30.4 Å². The normalized spacial score (nSPS) is 18.4. The van der Waals surface area contributed by atoms with Crippen molar-refractivity contribution in [3.8, 4) is 0 Å². The molecule has 0 saturated heterocycles. The van der Waals surface area contributed by atoms with Crippen molar-refractivity contribution in [1.82, 2.24) is 0 Å². The predicted molar refractivity (Wildman–Crippen MR) is 141 cm³/mol. The molecule has 0 N–H and O–H groups in total. The Bertz CT molecular complexity index is 1480. The maximum absolute atomic E-state index is 3.39. The molecule has 0 aromatic heterocycles. The van der Waals surface area contributed by atoms with Crippen LogP contribution < -0.4 is 24.8 Å². The van der Waals surface area contributed by atoms with Crippen molar-refractivity contribution >= 4 is 40.6 Å². The van der Waals surface area contributed by atoms with Gasteiger partial charge in [-0.15, -0.1) is 0 Å². The standard InChI is InChI=1S/2C14H11.2CH3.2ClH.H2Si.Zr/c2*1-10-8-12-7-6-11-4-2-3-5-13(11)14(12)9-10;;;;;;/h2*2-9H,1H3;2*1H3;2*1H;1H2;/q;;;;;;;+2/p-2. The minimum Gasteiger partial charge on any atom is -1.00 e. The van der Waals surface area contributed by atoms with Gasteiger partial charge in [-0.3, -0.25) is 0 Å². The van der Waals surface area contributed by atoms with E-state index in [0.717, 1.165) is 0 Å². The number of hydrogen-bond acceptors (Lipinski definition) is 0. The topological polar surface area (TPSA) is 0 Å². The summed E-state index contributed by atoms with van der Waals surface area (Å²) in [6, 6.07) is 27.3. The number of allylic oxidation sites excluding steroid dienone is 2. The molecule has 2 atom stereocenters. The quantitative estimate of drug-likeness (QED) is 0.318. The number of halogens is 2. The average Bonchev–Trinajstić information content (AvgIpc) is 3.30. The molecule has 0 nitrogen and oxygen atoms in total. The van der Waals surface area contributed by atoms with Gasteiger partial charge in [0.05, 0.1) is 0 Å². The van der Waals surface area contributed by atoms with E-state index in [0.29, 0.717) is 7.25 Å². The van der Waals surface area contributed by atoms with E-state index >= 15 is 0 Å². The minimum atomic E-state index is -3.39. The van der Waals surface area contributed by atoms with Crippen LogP contribution in [-0.2, 0) is 17.4 Å². The van der Waals surface area contributed by atoms with Gasteiger partial charge >= 0.3 is 195 Å². The van der Waals surface area contributed by atoms with Gasteiger partial charge in [0.25, 0.3) is 0 Å². The van der Waals surface area contributed by atoms with Crippen LogP contribution in [0.1, 0.15) is 43.4 Å². The maximum Gasteiger partial charge on any atom is -1.00 e. The first-order chi connectivity index (χ1) is 15.2. The molecule has 34 heavy (non-hydrogen) atoms. The zero-order valence-electron chi connectivity index (χ0n) is 20.2. The molecule has 4 aromatic carbocycles.